The lowest BCUT2D eigenvalue weighted by Crippen LogP contribution is -2.18. The fourth-order valence-electron chi connectivity index (χ4n) is 2.61. The summed E-state index contributed by atoms with van der Waals surface area (Å²) in [6.07, 6.45) is 0.296. The predicted octanol–water partition coefficient (Wildman–Crippen LogP) is 1.88. The molecule has 0 spiro atoms. The van der Waals surface area contributed by atoms with E-state index in [0.717, 1.165) is 22.2 Å². The van der Waals surface area contributed by atoms with Crippen LogP contribution in [0.25, 0.3) is 10.9 Å². The molecule has 1 amide bonds. The monoisotopic (exact) mass is 246 g/mol. The van der Waals surface area contributed by atoms with Crippen LogP contribution in [0.4, 0.5) is 0 Å². The number of hydrogen-bond acceptors (Lipinski definition) is 2. The van der Waals surface area contributed by atoms with Crippen LogP contribution in [0.15, 0.2) is 24.3 Å². The number of aliphatic hydroxyl groups is 1. The Morgan fingerprint density at radius 2 is 2.11 bits per heavy atom. The van der Waals surface area contributed by atoms with Crippen molar-refractivity contribution in [3.63, 3.8) is 0 Å². The second-order valence-electron chi connectivity index (χ2n) is 4.63. The van der Waals surface area contributed by atoms with Gasteiger partial charge in [-0.1, -0.05) is 18.2 Å². The molecular formula is C14H18N2O2. The number of para-hydroxylation sites is 1. The van der Waals surface area contributed by atoms with Gasteiger partial charge in [0.2, 0.25) is 5.91 Å². The molecule has 2 rings (SSSR count). The molecule has 1 aromatic heterocycles. The molecule has 0 saturated carbocycles. The summed E-state index contributed by atoms with van der Waals surface area (Å²) in [5, 5.41) is 10.5. The third-order valence-electron chi connectivity index (χ3n) is 3.38. The molecular weight excluding hydrogens is 228 g/mol. The molecule has 0 saturated heterocycles. The van der Waals surface area contributed by atoms with E-state index in [4.69, 9.17) is 5.73 Å². The zero-order chi connectivity index (χ0) is 13.3. The fraction of sp³-hybridized carbons (Fsp3) is 0.357. The summed E-state index contributed by atoms with van der Waals surface area (Å²) in [4.78, 5) is 11.1. The van der Waals surface area contributed by atoms with Crippen molar-refractivity contribution in [2.24, 2.45) is 5.73 Å². The van der Waals surface area contributed by atoms with Crippen LogP contribution in [0.5, 0.6) is 0 Å². The highest BCUT2D eigenvalue weighted by Crippen LogP contribution is 2.29. The van der Waals surface area contributed by atoms with Crippen LogP contribution < -0.4 is 5.73 Å². The van der Waals surface area contributed by atoms with Crippen LogP contribution in [-0.4, -0.2) is 15.6 Å². The second kappa shape index (κ2) is 4.82. The maximum Gasteiger partial charge on any atom is 0.219 e. The van der Waals surface area contributed by atoms with Crippen molar-refractivity contribution in [2.45, 2.75) is 32.9 Å². The van der Waals surface area contributed by atoms with Crippen molar-refractivity contribution in [3.05, 3.63) is 35.5 Å². The molecule has 0 radical (unpaired) electrons. The Hall–Kier alpha value is -1.81. The number of primary amides is 1. The van der Waals surface area contributed by atoms with Crippen molar-refractivity contribution in [1.82, 2.24) is 4.57 Å². The molecule has 0 aliphatic rings. The first-order valence-electron chi connectivity index (χ1n) is 6.03. The number of amides is 1. The highest BCUT2D eigenvalue weighted by Gasteiger charge is 2.17. The number of rotatable bonds is 4. The summed E-state index contributed by atoms with van der Waals surface area (Å²) in [6, 6.07) is 7.88. The van der Waals surface area contributed by atoms with Gasteiger partial charge in [0.25, 0.3) is 0 Å². The van der Waals surface area contributed by atoms with Gasteiger partial charge in [-0.15, -0.1) is 0 Å². The maximum absolute atomic E-state index is 11.1. The average molecular weight is 246 g/mol. The summed E-state index contributed by atoms with van der Waals surface area (Å²) < 4.78 is 2.08. The lowest BCUT2D eigenvalue weighted by Gasteiger charge is -2.16. The van der Waals surface area contributed by atoms with Gasteiger partial charge in [0.05, 0.1) is 6.61 Å². The maximum atomic E-state index is 11.1. The number of hydrogen-bond donors (Lipinski definition) is 2. The number of benzene rings is 1. The van der Waals surface area contributed by atoms with Crippen LogP contribution >= 0.6 is 0 Å². The van der Waals surface area contributed by atoms with E-state index in [-0.39, 0.29) is 18.6 Å². The molecule has 1 atom stereocenters. The van der Waals surface area contributed by atoms with Crippen LogP contribution in [0.1, 0.15) is 30.6 Å². The van der Waals surface area contributed by atoms with Gasteiger partial charge in [-0.25, -0.2) is 0 Å². The van der Waals surface area contributed by atoms with Crippen molar-refractivity contribution in [3.8, 4) is 0 Å². The van der Waals surface area contributed by atoms with Gasteiger partial charge >= 0.3 is 0 Å². The molecule has 0 aliphatic carbocycles. The third kappa shape index (κ3) is 1.99. The van der Waals surface area contributed by atoms with Crippen LogP contribution in [0, 0.1) is 6.92 Å². The zero-order valence-corrected chi connectivity index (χ0v) is 10.7. The number of aromatic nitrogens is 1. The highest BCUT2D eigenvalue weighted by atomic mass is 16.3. The summed E-state index contributed by atoms with van der Waals surface area (Å²) in [5.74, 6) is -0.315. The lowest BCUT2D eigenvalue weighted by molar-refractivity contribution is -0.118. The number of nitrogens with zero attached hydrogens (tertiary/aromatic N) is 1. The molecule has 2 aromatic rings. The molecule has 0 fully saturated rings. The Balaban J connectivity index is 2.62. The Bertz CT molecular complexity index is 587. The predicted molar refractivity (Wildman–Crippen MR) is 71.1 cm³/mol. The van der Waals surface area contributed by atoms with E-state index >= 15 is 0 Å². The van der Waals surface area contributed by atoms with E-state index in [1.54, 1.807) is 0 Å². The number of fused-ring (bicyclic) bond motifs is 1. The molecule has 4 nitrogen and oxygen atoms in total. The molecule has 1 heterocycles. The molecule has 4 heteroatoms. The molecule has 18 heavy (non-hydrogen) atoms. The molecule has 0 aliphatic heterocycles. The van der Waals surface area contributed by atoms with E-state index in [1.807, 2.05) is 38.1 Å². The quantitative estimate of drug-likeness (QED) is 0.864. The van der Waals surface area contributed by atoms with E-state index in [1.165, 1.54) is 0 Å². The van der Waals surface area contributed by atoms with Crippen LogP contribution in [0.3, 0.4) is 0 Å². The van der Waals surface area contributed by atoms with Crippen molar-refractivity contribution >= 4 is 16.8 Å². The SMILES string of the molecule is Cc1c(CO)c2ccccc2n1C(C)CC(N)=O. The molecule has 1 unspecified atom stereocenters. The minimum Gasteiger partial charge on any atom is -0.392 e. The summed E-state index contributed by atoms with van der Waals surface area (Å²) in [7, 11) is 0. The fourth-order valence-corrected chi connectivity index (χ4v) is 2.61. The minimum atomic E-state index is -0.315. The van der Waals surface area contributed by atoms with Gasteiger partial charge in [0.1, 0.15) is 0 Å². The summed E-state index contributed by atoms with van der Waals surface area (Å²) in [5.41, 5.74) is 8.21. The normalized spacial score (nSPS) is 12.8. The number of carbonyl (C=O) groups excluding carboxylic acids is 1. The minimum absolute atomic E-state index is 0.00262. The van der Waals surface area contributed by atoms with E-state index in [0.29, 0.717) is 6.42 Å². The lowest BCUT2D eigenvalue weighted by atomic mass is 10.1. The van der Waals surface area contributed by atoms with Gasteiger partial charge in [-0.3, -0.25) is 4.79 Å². The van der Waals surface area contributed by atoms with Crippen molar-refractivity contribution < 1.29 is 9.90 Å². The standard InChI is InChI=1S/C14H18N2O2/c1-9(7-14(15)18)16-10(2)12(8-17)11-5-3-4-6-13(11)16/h3-6,9,17H,7-8H2,1-2H3,(H2,15,18). The molecule has 1 aromatic carbocycles. The average Bonchev–Trinajstić information content (AvgIpc) is 2.59. The topological polar surface area (TPSA) is 68.2 Å². The van der Waals surface area contributed by atoms with Gasteiger partial charge in [-0.2, -0.15) is 0 Å². The summed E-state index contributed by atoms with van der Waals surface area (Å²) >= 11 is 0. The number of nitrogens with two attached hydrogens (primary N) is 1. The van der Waals surface area contributed by atoms with Gasteiger partial charge in [0, 0.05) is 34.6 Å². The largest absolute Gasteiger partial charge is 0.392 e. The highest BCUT2D eigenvalue weighted by molar-refractivity contribution is 5.86. The first-order valence-corrected chi connectivity index (χ1v) is 6.03. The smallest absolute Gasteiger partial charge is 0.219 e. The Kier molecular flexibility index (Phi) is 3.39. The van der Waals surface area contributed by atoms with Crippen molar-refractivity contribution in [1.29, 1.82) is 0 Å². The number of aliphatic hydroxyl groups excluding tert-OH is 1. The first kappa shape index (κ1) is 12.6. The Labute approximate surface area is 106 Å². The van der Waals surface area contributed by atoms with E-state index in [9.17, 15) is 9.90 Å². The molecule has 96 valence electrons. The first-order chi connectivity index (χ1) is 8.56. The van der Waals surface area contributed by atoms with E-state index < -0.39 is 0 Å². The van der Waals surface area contributed by atoms with Gasteiger partial charge in [-0.05, 0) is 19.9 Å². The van der Waals surface area contributed by atoms with Gasteiger partial charge in [0.15, 0.2) is 0 Å². The third-order valence-corrected chi connectivity index (χ3v) is 3.38. The Morgan fingerprint density at radius 3 is 2.72 bits per heavy atom. The Morgan fingerprint density at radius 1 is 1.44 bits per heavy atom. The van der Waals surface area contributed by atoms with Crippen LogP contribution in [0.2, 0.25) is 0 Å². The van der Waals surface area contributed by atoms with Gasteiger partial charge < -0.3 is 15.4 Å². The number of carbonyl (C=O) groups is 1. The van der Waals surface area contributed by atoms with Crippen LogP contribution in [-0.2, 0) is 11.4 Å². The summed E-state index contributed by atoms with van der Waals surface area (Å²) in [6.45, 7) is 3.93. The zero-order valence-electron chi connectivity index (χ0n) is 10.7. The molecule has 3 N–H and O–H groups in total. The molecule has 0 bridgehead atoms. The second-order valence-corrected chi connectivity index (χ2v) is 4.63. The van der Waals surface area contributed by atoms with E-state index in [2.05, 4.69) is 4.57 Å². The van der Waals surface area contributed by atoms with Crippen molar-refractivity contribution in [2.75, 3.05) is 0 Å².